The summed E-state index contributed by atoms with van der Waals surface area (Å²) in [6, 6.07) is 11.3. The van der Waals surface area contributed by atoms with Crippen LogP contribution in [0.2, 0.25) is 0 Å². The minimum absolute atomic E-state index is 0.115. The van der Waals surface area contributed by atoms with Gasteiger partial charge in [0.05, 0.1) is 6.10 Å². The van der Waals surface area contributed by atoms with E-state index >= 15 is 0 Å². The number of ether oxygens (including phenoxy) is 1. The summed E-state index contributed by atoms with van der Waals surface area (Å²) in [4.78, 5) is 32.6. The number of pyridine rings is 1. The third kappa shape index (κ3) is 6.38. The molecule has 8 heteroatoms. The molecule has 1 aromatic carbocycles. The standard InChI is InChI=1S/C22H24N4O3S/c1-15(2)29-18-5-3-17(4-6-18)22-26-19(14-30-22)21(28)24-12-9-20(27)25-13-16-7-10-23-11-8-16/h3-8,10-11,14-15H,9,12-13H2,1-2H3,(H,24,28)(H,25,27). The van der Waals surface area contributed by atoms with E-state index in [4.69, 9.17) is 4.74 Å². The number of carbonyl (C=O) groups excluding carboxylic acids is 2. The fraction of sp³-hybridized carbons (Fsp3) is 0.273. The Hall–Kier alpha value is -3.26. The number of nitrogens with zero attached hydrogens (tertiary/aromatic N) is 2. The zero-order valence-electron chi connectivity index (χ0n) is 16.9. The van der Waals surface area contributed by atoms with Gasteiger partial charge in [-0.25, -0.2) is 4.98 Å². The zero-order valence-corrected chi connectivity index (χ0v) is 17.7. The summed E-state index contributed by atoms with van der Waals surface area (Å²) in [5.41, 5.74) is 2.24. The minimum Gasteiger partial charge on any atom is -0.491 e. The van der Waals surface area contributed by atoms with Crippen molar-refractivity contribution in [2.75, 3.05) is 6.54 Å². The molecule has 3 aromatic rings. The quantitative estimate of drug-likeness (QED) is 0.549. The first-order valence-corrected chi connectivity index (χ1v) is 10.6. The summed E-state index contributed by atoms with van der Waals surface area (Å²) < 4.78 is 5.64. The smallest absolute Gasteiger partial charge is 0.270 e. The van der Waals surface area contributed by atoms with E-state index in [0.29, 0.717) is 12.2 Å². The Morgan fingerprint density at radius 1 is 1.07 bits per heavy atom. The lowest BCUT2D eigenvalue weighted by atomic mass is 10.2. The summed E-state index contributed by atoms with van der Waals surface area (Å²) in [6.45, 7) is 4.63. The second kappa shape index (κ2) is 10.5. The molecule has 0 spiro atoms. The lowest BCUT2D eigenvalue weighted by Gasteiger charge is -2.09. The lowest BCUT2D eigenvalue weighted by Crippen LogP contribution is -2.30. The number of hydrogen-bond acceptors (Lipinski definition) is 6. The van der Waals surface area contributed by atoms with Crippen molar-refractivity contribution in [3.8, 4) is 16.3 Å². The molecule has 0 saturated heterocycles. The molecule has 2 heterocycles. The van der Waals surface area contributed by atoms with E-state index in [2.05, 4.69) is 20.6 Å². The zero-order chi connectivity index (χ0) is 21.3. The van der Waals surface area contributed by atoms with Gasteiger partial charge in [0.25, 0.3) is 5.91 Å². The first-order valence-electron chi connectivity index (χ1n) is 9.67. The van der Waals surface area contributed by atoms with Crippen molar-refractivity contribution in [2.45, 2.75) is 32.9 Å². The largest absolute Gasteiger partial charge is 0.491 e. The second-order valence-corrected chi connectivity index (χ2v) is 7.73. The van der Waals surface area contributed by atoms with E-state index in [-0.39, 0.29) is 30.9 Å². The molecule has 0 bridgehead atoms. The third-order valence-corrected chi connectivity index (χ3v) is 4.98. The van der Waals surface area contributed by atoms with Crippen LogP contribution in [0.3, 0.4) is 0 Å². The van der Waals surface area contributed by atoms with Crippen molar-refractivity contribution < 1.29 is 14.3 Å². The summed E-state index contributed by atoms with van der Waals surface area (Å²) in [5.74, 6) is 0.375. The van der Waals surface area contributed by atoms with E-state index in [9.17, 15) is 9.59 Å². The molecule has 0 saturated carbocycles. The molecule has 0 aliphatic carbocycles. The Kier molecular flexibility index (Phi) is 7.51. The van der Waals surface area contributed by atoms with Gasteiger partial charge >= 0.3 is 0 Å². The maximum absolute atomic E-state index is 12.3. The van der Waals surface area contributed by atoms with Gasteiger partial charge in [0.2, 0.25) is 5.91 Å². The summed E-state index contributed by atoms with van der Waals surface area (Å²) in [5, 5.41) is 8.02. The Bertz CT molecular complexity index is 972. The summed E-state index contributed by atoms with van der Waals surface area (Å²) in [6.07, 6.45) is 3.67. The highest BCUT2D eigenvalue weighted by molar-refractivity contribution is 7.13. The van der Waals surface area contributed by atoms with Crippen molar-refractivity contribution in [3.63, 3.8) is 0 Å². The van der Waals surface area contributed by atoms with Crippen LogP contribution in [0.5, 0.6) is 5.75 Å². The van der Waals surface area contributed by atoms with Gasteiger partial charge in [-0.3, -0.25) is 14.6 Å². The Balaban J connectivity index is 1.45. The molecule has 0 radical (unpaired) electrons. The van der Waals surface area contributed by atoms with Crippen LogP contribution in [0.4, 0.5) is 0 Å². The lowest BCUT2D eigenvalue weighted by molar-refractivity contribution is -0.121. The Morgan fingerprint density at radius 3 is 2.50 bits per heavy atom. The van der Waals surface area contributed by atoms with Gasteiger partial charge in [0, 0.05) is 42.8 Å². The van der Waals surface area contributed by atoms with Crippen LogP contribution in [0, 0.1) is 0 Å². The molecule has 7 nitrogen and oxygen atoms in total. The van der Waals surface area contributed by atoms with Gasteiger partial charge < -0.3 is 15.4 Å². The number of carbonyl (C=O) groups is 2. The third-order valence-electron chi connectivity index (χ3n) is 4.09. The maximum Gasteiger partial charge on any atom is 0.270 e. The first kappa shape index (κ1) is 21.4. The average Bonchev–Trinajstić information content (AvgIpc) is 3.23. The van der Waals surface area contributed by atoms with Crippen LogP contribution in [-0.4, -0.2) is 34.4 Å². The molecule has 3 rings (SSSR count). The van der Waals surface area contributed by atoms with E-state index in [0.717, 1.165) is 21.9 Å². The summed E-state index contributed by atoms with van der Waals surface area (Å²) in [7, 11) is 0. The number of amides is 2. The molecule has 0 aliphatic heterocycles. The fourth-order valence-corrected chi connectivity index (χ4v) is 3.43. The fourth-order valence-electron chi connectivity index (χ4n) is 2.63. The second-order valence-electron chi connectivity index (χ2n) is 6.87. The summed E-state index contributed by atoms with van der Waals surface area (Å²) >= 11 is 1.40. The molecular formula is C22H24N4O3S. The predicted octanol–water partition coefficient (Wildman–Crippen LogP) is 3.43. The van der Waals surface area contributed by atoms with Gasteiger partial charge in [-0.05, 0) is 55.8 Å². The number of rotatable bonds is 9. The van der Waals surface area contributed by atoms with Crippen molar-refractivity contribution in [3.05, 3.63) is 65.4 Å². The topological polar surface area (TPSA) is 93.2 Å². The molecule has 2 aromatic heterocycles. The molecule has 0 atom stereocenters. The highest BCUT2D eigenvalue weighted by Crippen LogP contribution is 2.26. The number of hydrogen-bond donors (Lipinski definition) is 2. The molecular weight excluding hydrogens is 400 g/mol. The van der Waals surface area contributed by atoms with Crippen molar-refractivity contribution in [1.29, 1.82) is 0 Å². The van der Waals surface area contributed by atoms with Crippen LogP contribution < -0.4 is 15.4 Å². The van der Waals surface area contributed by atoms with Crippen molar-refractivity contribution in [2.24, 2.45) is 0 Å². The molecule has 156 valence electrons. The number of benzene rings is 1. The van der Waals surface area contributed by atoms with E-state index in [1.54, 1.807) is 17.8 Å². The van der Waals surface area contributed by atoms with E-state index in [1.807, 2.05) is 50.2 Å². The van der Waals surface area contributed by atoms with Crippen molar-refractivity contribution >= 4 is 23.2 Å². The maximum atomic E-state index is 12.3. The number of aromatic nitrogens is 2. The Morgan fingerprint density at radius 2 is 1.80 bits per heavy atom. The van der Waals surface area contributed by atoms with E-state index in [1.165, 1.54) is 11.3 Å². The minimum atomic E-state index is -0.292. The highest BCUT2D eigenvalue weighted by Gasteiger charge is 2.12. The van der Waals surface area contributed by atoms with Crippen molar-refractivity contribution in [1.82, 2.24) is 20.6 Å². The van der Waals surface area contributed by atoms with Crippen LogP contribution in [0.1, 0.15) is 36.3 Å². The monoisotopic (exact) mass is 424 g/mol. The molecule has 0 aliphatic rings. The SMILES string of the molecule is CC(C)Oc1ccc(-c2nc(C(=O)NCCC(=O)NCc3ccncc3)cs2)cc1. The molecule has 30 heavy (non-hydrogen) atoms. The van der Waals surface area contributed by atoms with Crippen LogP contribution in [-0.2, 0) is 11.3 Å². The van der Waals surface area contributed by atoms with Crippen LogP contribution in [0.25, 0.3) is 10.6 Å². The van der Waals surface area contributed by atoms with Gasteiger partial charge in [-0.1, -0.05) is 0 Å². The molecule has 2 N–H and O–H groups in total. The molecule has 2 amide bonds. The molecule has 0 unspecified atom stereocenters. The van der Waals surface area contributed by atoms with Crippen LogP contribution in [0.15, 0.2) is 54.2 Å². The first-order chi connectivity index (χ1) is 14.5. The number of nitrogens with one attached hydrogen (secondary N) is 2. The highest BCUT2D eigenvalue weighted by atomic mass is 32.1. The Labute approximate surface area is 179 Å². The van der Waals surface area contributed by atoms with Gasteiger partial charge in [-0.15, -0.1) is 11.3 Å². The number of thiazole rings is 1. The predicted molar refractivity (Wildman–Crippen MR) is 116 cm³/mol. The van der Waals surface area contributed by atoms with Crippen LogP contribution >= 0.6 is 11.3 Å². The van der Waals surface area contributed by atoms with Gasteiger partial charge in [0.15, 0.2) is 0 Å². The van der Waals surface area contributed by atoms with E-state index < -0.39 is 0 Å². The normalized spacial score (nSPS) is 10.6. The van der Waals surface area contributed by atoms with Gasteiger partial charge in [0.1, 0.15) is 16.5 Å². The van der Waals surface area contributed by atoms with Gasteiger partial charge in [-0.2, -0.15) is 0 Å². The molecule has 0 fully saturated rings. The average molecular weight is 425 g/mol.